The van der Waals surface area contributed by atoms with Gasteiger partial charge in [0.2, 0.25) is 5.91 Å². The van der Waals surface area contributed by atoms with Crippen LogP contribution in [0.3, 0.4) is 0 Å². The number of likely N-dealkylation sites (N-methyl/N-ethyl adjacent to an activating group) is 2. The predicted octanol–water partition coefficient (Wildman–Crippen LogP) is 2.22. The normalized spacial score (nSPS) is 11.6. The molecule has 16 heavy (non-hydrogen) atoms. The third-order valence-corrected chi connectivity index (χ3v) is 2.97. The fraction of sp³-hybridized carbons (Fsp3) is 0.923. The van der Waals surface area contributed by atoms with Crippen LogP contribution in [0.2, 0.25) is 0 Å². The zero-order valence-electron chi connectivity index (χ0n) is 11.8. The molecule has 0 unspecified atom stereocenters. The molecule has 0 aliphatic rings. The van der Waals surface area contributed by atoms with Gasteiger partial charge < -0.3 is 4.90 Å². The minimum Gasteiger partial charge on any atom is -0.345 e. The fourth-order valence-corrected chi connectivity index (χ4v) is 1.38. The van der Waals surface area contributed by atoms with Gasteiger partial charge in [-0.3, -0.25) is 9.69 Å². The first-order chi connectivity index (χ1) is 7.34. The number of hydrogen-bond acceptors (Lipinski definition) is 2. The lowest BCUT2D eigenvalue weighted by atomic mass is 10.1. The van der Waals surface area contributed by atoms with E-state index in [0.29, 0.717) is 12.6 Å². The van der Waals surface area contributed by atoms with Crippen molar-refractivity contribution < 1.29 is 4.79 Å². The minimum absolute atomic E-state index is 0.222. The maximum atomic E-state index is 11.8. The molecule has 0 aliphatic carbocycles. The average molecular weight is 228 g/mol. The van der Waals surface area contributed by atoms with Crippen LogP contribution < -0.4 is 0 Å². The highest BCUT2D eigenvalue weighted by Crippen LogP contribution is 2.04. The Morgan fingerprint density at radius 2 is 1.69 bits per heavy atom. The number of rotatable bonds is 7. The molecule has 0 rings (SSSR count). The van der Waals surface area contributed by atoms with Crippen LogP contribution in [0.15, 0.2) is 0 Å². The molecule has 3 heteroatoms. The van der Waals surface area contributed by atoms with Crippen molar-refractivity contribution >= 4 is 5.91 Å². The van der Waals surface area contributed by atoms with Gasteiger partial charge in [-0.25, -0.2) is 0 Å². The Morgan fingerprint density at radius 1 is 1.12 bits per heavy atom. The van der Waals surface area contributed by atoms with E-state index in [-0.39, 0.29) is 5.91 Å². The topological polar surface area (TPSA) is 23.6 Å². The molecule has 96 valence electrons. The summed E-state index contributed by atoms with van der Waals surface area (Å²) in [6.07, 6.45) is 2.29. The van der Waals surface area contributed by atoms with Gasteiger partial charge >= 0.3 is 0 Å². The molecule has 0 bridgehead atoms. The molecule has 0 aromatic rings. The van der Waals surface area contributed by atoms with E-state index in [4.69, 9.17) is 0 Å². The highest BCUT2D eigenvalue weighted by Gasteiger charge is 2.13. The SMILES string of the molecule is CC(C)CCCN(C)C(=O)CN(C)C(C)C. The second-order valence-corrected chi connectivity index (χ2v) is 5.36. The molecular weight excluding hydrogens is 200 g/mol. The first-order valence-corrected chi connectivity index (χ1v) is 6.28. The Balaban J connectivity index is 3.81. The molecule has 0 aromatic heterocycles. The van der Waals surface area contributed by atoms with Crippen molar-refractivity contribution in [3.8, 4) is 0 Å². The van der Waals surface area contributed by atoms with Crippen LogP contribution in [-0.2, 0) is 4.79 Å². The number of carbonyl (C=O) groups is 1. The zero-order valence-corrected chi connectivity index (χ0v) is 11.8. The van der Waals surface area contributed by atoms with Gasteiger partial charge in [-0.1, -0.05) is 13.8 Å². The van der Waals surface area contributed by atoms with Crippen LogP contribution in [0.4, 0.5) is 0 Å². The van der Waals surface area contributed by atoms with Crippen LogP contribution in [0, 0.1) is 5.92 Å². The number of hydrogen-bond donors (Lipinski definition) is 0. The maximum absolute atomic E-state index is 11.8. The van der Waals surface area contributed by atoms with Crippen LogP contribution >= 0.6 is 0 Å². The van der Waals surface area contributed by atoms with E-state index in [1.54, 1.807) is 0 Å². The Labute approximate surface area is 101 Å². The highest BCUT2D eigenvalue weighted by atomic mass is 16.2. The van der Waals surface area contributed by atoms with Crippen molar-refractivity contribution in [3.63, 3.8) is 0 Å². The van der Waals surface area contributed by atoms with Gasteiger partial charge in [0.05, 0.1) is 6.54 Å². The van der Waals surface area contributed by atoms with Gasteiger partial charge in [-0.2, -0.15) is 0 Å². The van der Waals surface area contributed by atoms with Crippen molar-refractivity contribution in [2.24, 2.45) is 5.92 Å². The molecule has 0 fully saturated rings. The van der Waals surface area contributed by atoms with Crippen LogP contribution in [0.5, 0.6) is 0 Å². The Bertz CT molecular complexity index is 202. The Hall–Kier alpha value is -0.570. The smallest absolute Gasteiger partial charge is 0.236 e. The third-order valence-electron chi connectivity index (χ3n) is 2.97. The fourth-order valence-electron chi connectivity index (χ4n) is 1.38. The van der Waals surface area contributed by atoms with Gasteiger partial charge in [0.15, 0.2) is 0 Å². The third kappa shape index (κ3) is 6.83. The van der Waals surface area contributed by atoms with Crippen LogP contribution in [0.25, 0.3) is 0 Å². The molecule has 0 saturated carbocycles. The van der Waals surface area contributed by atoms with E-state index in [2.05, 4.69) is 32.6 Å². The number of carbonyl (C=O) groups excluding carboxylic acids is 1. The summed E-state index contributed by atoms with van der Waals surface area (Å²) in [5, 5.41) is 0. The van der Waals surface area contributed by atoms with E-state index in [0.717, 1.165) is 18.9 Å². The van der Waals surface area contributed by atoms with E-state index < -0.39 is 0 Å². The molecule has 0 aliphatic heterocycles. The van der Waals surface area contributed by atoms with Gasteiger partial charge in [0.25, 0.3) is 0 Å². The summed E-state index contributed by atoms with van der Waals surface area (Å²) >= 11 is 0. The van der Waals surface area contributed by atoms with E-state index in [1.807, 2.05) is 19.0 Å². The lowest BCUT2D eigenvalue weighted by molar-refractivity contribution is -0.131. The van der Waals surface area contributed by atoms with Crippen molar-refractivity contribution in [1.82, 2.24) is 9.80 Å². The predicted molar refractivity (Wildman–Crippen MR) is 69.5 cm³/mol. The van der Waals surface area contributed by atoms with Crippen molar-refractivity contribution in [1.29, 1.82) is 0 Å². The van der Waals surface area contributed by atoms with Gasteiger partial charge in [-0.05, 0) is 39.7 Å². The van der Waals surface area contributed by atoms with E-state index >= 15 is 0 Å². The lowest BCUT2D eigenvalue weighted by Crippen LogP contribution is -2.39. The quantitative estimate of drug-likeness (QED) is 0.667. The molecule has 0 spiro atoms. The lowest BCUT2D eigenvalue weighted by Gasteiger charge is -2.24. The van der Waals surface area contributed by atoms with Gasteiger partial charge in [-0.15, -0.1) is 0 Å². The molecule has 0 saturated heterocycles. The molecule has 0 heterocycles. The Morgan fingerprint density at radius 3 is 2.12 bits per heavy atom. The summed E-state index contributed by atoms with van der Waals surface area (Å²) in [6.45, 7) is 10.0. The van der Waals surface area contributed by atoms with E-state index in [9.17, 15) is 4.79 Å². The van der Waals surface area contributed by atoms with Crippen molar-refractivity contribution in [2.45, 2.75) is 46.6 Å². The van der Waals surface area contributed by atoms with Gasteiger partial charge in [0.1, 0.15) is 0 Å². The number of nitrogens with zero attached hydrogens (tertiary/aromatic N) is 2. The minimum atomic E-state index is 0.222. The largest absolute Gasteiger partial charge is 0.345 e. The van der Waals surface area contributed by atoms with Gasteiger partial charge in [0, 0.05) is 19.6 Å². The molecule has 0 radical (unpaired) electrons. The summed E-state index contributed by atoms with van der Waals surface area (Å²) in [5.41, 5.74) is 0. The first-order valence-electron chi connectivity index (χ1n) is 6.28. The van der Waals surface area contributed by atoms with Crippen molar-refractivity contribution in [3.05, 3.63) is 0 Å². The molecule has 3 nitrogen and oxygen atoms in total. The molecule has 0 aromatic carbocycles. The second kappa shape index (κ2) is 7.66. The monoisotopic (exact) mass is 228 g/mol. The summed E-state index contributed by atoms with van der Waals surface area (Å²) in [5.74, 6) is 0.946. The van der Waals surface area contributed by atoms with Crippen molar-refractivity contribution in [2.75, 3.05) is 27.2 Å². The molecule has 0 atom stereocenters. The average Bonchev–Trinajstić information content (AvgIpc) is 2.16. The van der Waals surface area contributed by atoms with Crippen LogP contribution in [-0.4, -0.2) is 48.9 Å². The number of amides is 1. The maximum Gasteiger partial charge on any atom is 0.236 e. The zero-order chi connectivity index (χ0) is 12.7. The Kier molecular flexibility index (Phi) is 7.39. The summed E-state index contributed by atoms with van der Waals surface area (Å²) in [6, 6.07) is 0.424. The molecule has 1 amide bonds. The van der Waals surface area contributed by atoms with Crippen LogP contribution in [0.1, 0.15) is 40.5 Å². The summed E-state index contributed by atoms with van der Waals surface area (Å²) in [7, 11) is 3.89. The molecular formula is C13H28N2O. The highest BCUT2D eigenvalue weighted by molar-refractivity contribution is 5.77. The standard InChI is InChI=1S/C13H28N2O/c1-11(2)8-7-9-14(5)13(16)10-15(6)12(3)4/h11-12H,7-10H2,1-6H3. The first kappa shape index (κ1) is 15.4. The van der Waals surface area contributed by atoms with E-state index in [1.165, 1.54) is 6.42 Å². The summed E-state index contributed by atoms with van der Waals surface area (Å²) < 4.78 is 0. The second-order valence-electron chi connectivity index (χ2n) is 5.36. The molecule has 0 N–H and O–H groups in total. The summed E-state index contributed by atoms with van der Waals surface area (Å²) in [4.78, 5) is 15.7.